The van der Waals surface area contributed by atoms with Gasteiger partial charge in [-0.25, -0.2) is 13.1 Å². The molecule has 0 radical (unpaired) electrons. The van der Waals surface area contributed by atoms with E-state index in [1.807, 2.05) is 14.1 Å². The summed E-state index contributed by atoms with van der Waals surface area (Å²) in [7, 11) is 0.634. The fourth-order valence-corrected chi connectivity index (χ4v) is 3.66. The number of quaternary nitrogens is 1. The summed E-state index contributed by atoms with van der Waals surface area (Å²) in [6, 6.07) is 8.49. The zero-order valence-electron chi connectivity index (χ0n) is 13.2. The summed E-state index contributed by atoms with van der Waals surface area (Å²) in [5.41, 5.74) is 2.31. The number of likely N-dealkylation sites (tertiary alicyclic amines) is 1. The minimum atomic E-state index is -3.38. The van der Waals surface area contributed by atoms with E-state index < -0.39 is 15.2 Å². The van der Waals surface area contributed by atoms with E-state index >= 15 is 0 Å². The topological polar surface area (TPSA) is 53.9 Å². The highest BCUT2D eigenvalue weighted by Gasteiger charge is 2.28. The maximum atomic E-state index is 11.6. The van der Waals surface area contributed by atoms with Crippen molar-refractivity contribution in [2.75, 3.05) is 43.8 Å². The Bertz CT molecular complexity index is 569. The third-order valence-corrected chi connectivity index (χ3v) is 5.96. The van der Waals surface area contributed by atoms with Gasteiger partial charge in [-0.1, -0.05) is 12.1 Å². The number of hydrogen-bond donors (Lipinski definition) is 2. The predicted molar refractivity (Wildman–Crippen MR) is 91.1 cm³/mol. The van der Waals surface area contributed by atoms with Crippen molar-refractivity contribution in [1.82, 2.24) is 4.72 Å². The molecule has 7 heteroatoms. The van der Waals surface area contributed by atoms with Gasteiger partial charge in [-0.05, 0) is 12.1 Å². The minimum absolute atomic E-state index is 0.136. The van der Waals surface area contributed by atoms with Crippen molar-refractivity contribution in [1.29, 1.82) is 0 Å². The van der Waals surface area contributed by atoms with Gasteiger partial charge in [0, 0.05) is 38.2 Å². The second kappa shape index (κ2) is 7.64. The van der Waals surface area contributed by atoms with Crippen LogP contribution in [0.1, 0.15) is 24.4 Å². The van der Waals surface area contributed by atoms with Gasteiger partial charge in [0.2, 0.25) is 10.0 Å². The number of hydrogen-bond acceptors (Lipinski definition) is 3. The molecule has 124 valence electrons. The fourth-order valence-electron chi connectivity index (χ4n) is 2.93. The molecule has 0 spiro atoms. The van der Waals surface area contributed by atoms with Gasteiger partial charge < -0.3 is 9.80 Å². The number of nitrogens with one attached hydrogen (secondary N) is 2. The van der Waals surface area contributed by atoms with Crippen molar-refractivity contribution >= 4 is 27.3 Å². The van der Waals surface area contributed by atoms with Crippen molar-refractivity contribution < 1.29 is 13.3 Å². The standard InChI is InChI=1S/C15H24ClN3O2S/c1-18(2)14-7-5-13(6-8-14)15(19-9-3-4-10-19)11-17-22(20,21)12-16/h5-8,15,17H,3-4,9-12H2,1-2H3/p+1/t15-/m1/s1. The van der Waals surface area contributed by atoms with Gasteiger partial charge in [-0.15, -0.1) is 11.6 Å². The normalized spacial score (nSPS) is 17.6. The van der Waals surface area contributed by atoms with E-state index in [0.29, 0.717) is 6.54 Å². The van der Waals surface area contributed by atoms with Gasteiger partial charge in [0.1, 0.15) is 11.3 Å². The van der Waals surface area contributed by atoms with Crippen LogP contribution in [-0.4, -0.2) is 47.4 Å². The zero-order chi connectivity index (χ0) is 16.2. The highest BCUT2D eigenvalue weighted by Crippen LogP contribution is 2.17. The Labute approximate surface area is 138 Å². The highest BCUT2D eigenvalue weighted by molar-refractivity contribution is 7.90. The third-order valence-electron chi connectivity index (χ3n) is 4.20. The first-order chi connectivity index (χ1) is 10.4. The molecule has 0 unspecified atom stereocenters. The Morgan fingerprint density at radius 2 is 1.82 bits per heavy atom. The van der Waals surface area contributed by atoms with E-state index in [1.54, 1.807) is 0 Å². The van der Waals surface area contributed by atoms with Crippen molar-refractivity contribution in [3.05, 3.63) is 29.8 Å². The Balaban J connectivity index is 2.16. The lowest BCUT2D eigenvalue weighted by molar-refractivity contribution is -0.918. The molecule has 5 nitrogen and oxygen atoms in total. The number of benzene rings is 1. The smallest absolute Gasteiger partial charge is 0.225 e. The van der Waals surface area contributed by atoms with Crippen LogP contribution in [0.5, 0.6) is 0 Å². The van der Waals surface area contributed by atoms with Gasteiger partial charge >= 0.3 is 0 Å². The van der Waals surface area contributed by atoms with Crippen LogP contribution >= 0.6 is 11.6 Å². The van der Waals surface area contributed by atoms with Crippen LogP contribution in [0.3, 0.4) is 0 Å². The second-order valence-electron chi connectivity index (χ2n) is 5.98. The molecule has 1 aromatic rings. The average molecular weight is 347 g/mol. The first-order valence-corrected chi connectivity index (χ1v) is 9.77. The second-order valence-corrected chi connectivity index (χ2v) is 8.37. The zero-order valence-corrected chi connectivity index (χ0v) is 14.8. The SMILES string of the molecule is CN(C)c1ccc([C@@H](CNS(=O)(=O)CCl)[NH+]2CCCC2)cc1. The molecule has 1 aliphatic heterocycles. The summed E-state index contributed by atoms with van der Waals surface area (Å²) in [5, 5.41) is -0.394. The van der Waals surface area contributed by atoms with E-state index in [4.69, 9.17) is 11.6 Å². The summed E-state index contributed by atoms with van der Waals surface area (Å²) in [5.74, 6) is 0. The number of rotatable bonds is 7. The lowest BCUT2D eigenvalue weighted by atomic mass is 10.1. The molecule has 2 N–H and O–H groups in total. The van der Waals surface area contributed by atoms with Gasteiger partial charge in [0.25, 0.3) is 0 Å². The van der Waals surface area contributed by atoms with Crippen LogP contribution in [-0.2, 0) is 10.0 Å². The Morgan fingerprint density at radius 3 is 2.32 bits per heavy atom. The molecule has 0 aromatic heterocycles. The Kier molecular flexibility index (Phi) is 6.09. The molecule has 0 bridgehead atoms. The average Bonchev–Trinajstić information content (AvgIpc) is 3.02. The molecule has 0 saturated carbocycles. The van der Waals surface area contributed by atoms with E-state index in [1.165, 1.54) is 23.3 Å². The molecule has 1 aromatic carbocycles. The van der Waals surface area contributed by atoms with Gasteiger partial charge in [0.15, 0.2) is 0 Å². The first kappa shape index (κ1) is 17.5. The Hall–Kier alpha value is -0.820. The molecule has 1 atom stereocenters. The number of sulfonamides is 1. The van der Waals surface area contributed by atoms with Crippen molar-refractivity contribution in [3.8, 4) is 0 Å². The van der Waals surface area contributed by atoms with Crippen LogP contribution in [0.25, 0.3) is 0 Å². The highest BCUT2D eigenvalue weighted by atomic mass is 35.5. The first-order valence-electron chi connectivity index (χ1n) is 7.58. The summed E-state index contributed by atoms with van der Waals surface area (Å²) in [6.45, 7) is 2.57. The Morgan fingerprint density at radius 1 is 1.23 bits per heavy atom. The number of anilines is 1. The van der Waals surface area contributed by atoms with E-state index in [-0.39, 0.29) is 6.04 Å². The number of halogens is 1. The molecule has 0 amide bonds. The lowest BCUT2D eigenvalue weighted by Gasteiger charge is -2.25. The summed E-state index contributed by atoms with van der Waals surface area (Å²) >= 11 is 5.48. The maximum absolute atomic E-state index is 11.6. The van der Waals surface area contributed by atoms with Crippen LogP contribution in [0.15, 0.2) is 24.3 Å². The molecule has 2 rings (SSSR count). The van der Waals surface area contributed by atoms with Crippen LogP contribution in [0.2, 0.25) is 0 Å². The lowest BCUT2D eigenvalue weighted by Crippen LogP contribution is -3.11. The molecule has 1 aliphatic rings. The fraction of sp³-hybridized carbons (Fsp3) is 0.600. The minimum Gasteiger partial charge on any atom is -0.378 e. The van der Waals surface area contributed by atoms with Crippen molar-refractivity contribution in [2.24, 2.45) is 0 Å². The molecule has 22 heavy (non-hydrogen) atoms. The van der Waals surface area contributed by atoms with Crippen molar-refractivity contribution in [2.45, 2.75) is 18.9 Å². The molecule has 1 saturated heterocycles. The third kappa shape index (κ3) is 4.59. The molecular weight excluding hydrogens is 322 g/mol. The van der Waals surface area contributed by atoms with Gasteiger partial charge in [-0.2, -0.15) is 0 Å². The predicted octanol–water partition coefficient (Wildman–Crippen LogP) is 0.588. The van der Waals surface area contributed by atoms with Crippen LogP contribution in [0, 0.1) is 0 Å². The number of nitrogens with zero attached hydrogens (tertiary/aromatic N) is 1. The molecule has 1 heterocycles. The van der Waals surface area contributed by atoms with Gasteiger partial charge in [-0.3, -0.25) is 0 Å². The molecule has 0 aliphatic carbocycles. The van der Waals surface area contributed by atoms with Crippen LogP contribution < -0.4 is 14.5 Å². The van der Waals surface area contributed by atoms with E-state index in [0.717, 1.165) is 18.8 Å². The summed E-state index contributed by atoms with van der Waals surface area (Å²) in [4.78, 5) is 3.49. The molecular formula is C15H25ClN3O2S+. The summed E-state index contributed by atoms with van der Waals surface area (Å²) in [6.07, 6.45) is 2.40. The number of alkyl halides is 1. The maximum Gasteiger partial charge on any atom is 0.225 e. The van der Waals surface area contributed by atoms with E-state index in [2.05, 4.69) is 33.9 Å². The van der Waals surface area contributed by atoms with Gasteiger partial charge in [0.05, 0.1) is 19.6 Å². The summed E-state index contributed by atoms with van der Waals surface area (Å²) < 4.78 is 25.9. The molecule has 1 fully saturated rings. The van der Waals surface area contributed by atoms with E-state index in [9.17, 15) is 8.42 Å². The van der Waals surface area contributed by atoms with Crippen LogP contribution in [0.4, 0.5) is 5.69 Å². The largest absolute Gasteiger partial charge is 0.378 e. The van der Waals surface area contributed by atoms with Crippen molar-refractivity contribution in [3.63, 3.8) is 0 Å². The monoisotopic (exact) mass is 346 g/mol. The quantitative estimate of drug-likeness (QED) is 0.710.